The van der Waals surface area contributed by atoms with E-state index in [4.69, 9.17) is 14.5 Å². The molecule has 2 aromatic carbocycles. The van der Waals surface area contributed by atoms with Gasteiger partial charge in [-0.15, -0.1) is 0 Å². The lowest BCUT2D eigenvalue weighted by atomic mass is 10.0. The van der Waals surface area contributed by atoms with Crippen LogP contribution in [0.2, 0.25) is 0 Å². The Bertz CT molecular complexity index is 1670. The maximum atomic E-state index is 13.1. The fourth-order valence-electron chi connectivity index (χ4n) is 5.86. The number of para-hydroxylation sites is 1. The van der Waals surface area contributed by atoms with Crippen LogP contribution < -0.4 is 25.4 Å². The lowest BCUT2D eigenvalue weighted by Gasteiger charge is -2.32. The second kappa shape index (κ2) is 15.9. The number of hydrogen-bond donors (Lipinski definition) is 3. The second-order valence-electron chi connectivity index (χ2n) is 12.5. The molecule has 250 valence electrons. The number of aromatic nitrogens is 3. The third kappa shape index (κ3) is 9.09. The molecule has 1 amide bonds. The van der Waals surface area contributed by atoms with Crippen LogP contribution >= 0.6 is 0 Å². The minimum absolute atomic E-state index is 0.232. The zero-order chi connectivity index (χ0) is 33.3. The summed E-state index contributed by atoms with van der Waals surface area (Å²) in [4.78, 5) is 26.8. The molecular weight excluding hydrogens is 592 g/mol. The minimum Gasteiger partial charge on any atom is -0.494 e. The van der Waals surface area contributed by atoms with E-state index >= 15 is 0 Å². The van der Waals surface area contributed by atoms with Crippen molar-refractivity contribution in [3.63, 3.8) is 0 Å². The first kappa shape index (κ1) is 33.9. The summed E-state index contributed by atoms with van der Waals surface area (Å²) >= 11 is 0. The Balaban J connectivity index is 1.33. The van der Waals surface area contributed by atoms with Gasteiger partial charge in [0, 0.05) is 73.2 Å². The highest BCUT2D eigenvalue weighted by molar-refractivity contribution is 6.01. The Hall–Kier alpha value is -4.45. The van der Waals surface area contributed by atoms with Crippen molar-refractivity contribution in [2.75, 3.05) is 64.6 Å². The van der Waals surface area contributed by atoms with Crippen molar-refractivity contribution < 1.29 is 14.3 Å². The van der Waals surface area contributed by atoms with Gasteiger partial charge in [0.15, 0.2) is 0 Å². The number of likely N-dealkylation sites (N-methyl/N-ethyl adjacent to an activating group) is 1. The first-order valence-corrected chi connectivity index (χ1v) is 16.3. The van der Waals surface area contributed by atoms with E-state index in [1.807, 2.05) is 50.3 Å². The van der Waals surface area contributed by atoms with Crippen LogP contribution in [-0.4, -0.2) is 96.3 Å². The standard InChI is InChI=1S/C36H48N8O3/c1-25(2)38-26-14-18-44(19-15-26)17-9-12-35(45)39-31-22-30(33(46-6)23-34(31)47-21-20-42(3)4)41-36-37-16-13-29(40-36)28-24-43(5)32-11-8-7-10-27(28)32/h7-13,16,22-26,38H,14-15,17-21H2,1-6H3,(H,39,45)(H,37,40,41)/b12-9+. The summed E-state index contributed by atoms with van der Waals surface area (Å²) in [6.07, 6.45) is 9.55. The molecule has 0 radical (unpaired) electrons. The third-order valence-corrected chi connectivity index (χ3v) is 8.22. The maximum Gasteiger partial charge on any atom is 0.248 e. The first-order chi connectivity index (χ1) is 22.7. The average Bonchev–Trinajstić information content (AvgIpc) is 3.39. The molecule has 0 bridgehead atoms. The number of carbonyl (C=O) groups is 1. The number of likely N-dealkylation sites (tertiary alicyclic amines) is 1. The fourth-order valence-corrected chi connectivity index (χ4v) is 5.86. The van der Waals surface area contributed by atoms with Gasteiger partial charge in [-0.25, -0.2) is 9.97 Å². The van der Waals surface area contributed by atoms with Crippen molar-refractivity contribution in [2.24, 2.45) is 7.05 Å². The van der Waals surface area contributed by atoms with E-state index in [1.165, 1.54) is 0 Å². The highest BCUT2D eigenvalue weighted by Gasteiger charge is 2.19. The van der Waals surface area contributed by atoms with E-state index in [-0.39, 0.29) is 5.91 Å². The quantitative estimate of drug-likeness (QED) is 0.159. The fraction of sp³-hybridized carbons (Fsp3) is 0.417. The van der Waals surface area contributed by atoms with Gasteiger partial charge in [-0.2, -0.15) is 0 Å². The molecule has 0 unspecified atom stereocenters. The number of ether oxygens (including phenoxy) is 2. The van der Waals surface area contributed by atoms with Crippen molar-refractivity contribution in [1.82, 2.24) is 29.7 Å². The topological polar surface area (TPSA) is 109 Å². The summed E-state index contributed by atoms with van der Waals surface area (Å²) in [6.45, 7) is 8.29. The average molecular weight is 641 g/mol. The minimum atomic E-state index is -0.232. The largest absolute Gasteiger partial charge is 0.494 e. The number of hydrogen-bond acceptors (Lipinski definition) is 9. The van der Waals surface area contributed by atoms with Crippen molar-refractivity contribution in [3.05, 3.63) is 67.0 Å². The Labute approximate surface area is 278 Å². The van der Waals surface area contributed by atoms with Gasteiger partial charge in [-0.3, -0.25) is 9.69 Å². The lowest BCUT2D eigenvalue weighted by molar-refractivity contribution is -0.111. The van der Waals surface area contributed by atoms with Gasteiger partial charge in [-0.1, -0.05) is 38.1 Å². The Morgan fingerprint density at radius 2 is 1.89 bits per heavy atom. The molecule has 47 heavy (non-hydrogen) atoms. The highest BCUT2D eigenvalue weighted by atomic mass is 16.5. The van der Waals surface area contributed by atoms with Gasteiger partial charge < -0.3 is 34.9 Å². The third-order valence-electron chi connectivity index (χ3n) is 8.22. The van der Waals surface area contributed by atoms with Crippen molar-refractivity contribution in [2.45, 2.75) is 38.8 Å². The molecule has 1 fully saturated rings. The first-order valence-electron chi connectivity index (χ1n) is 16.3. The van der Waals surface area contributed by atoms with Crippen LogP contribution in [0.15, 0.2) is 67.0 Å². The normalized spacial score (nSPS) is 14.4. The molecule has 2 aromatic heterocycles. The Morgan fingerprint density at radius 1 is 1.11 bits per heavy atom. The molecule has 1 aliphatic heterocycles. The molecule has 0 saturated carbocycles. The summed E-state index contributed by atoms with van der Waals surface area (Å²) in [5, 5.41) is 11.1. The predicted molar refractivity (Wildman–Crippen MR) is 190 cm³/mol. The zero-order valence-electron chi connectivity index (χ0n) is 28.4. The highest BCUT2D eigenvalue weighted by Crippen LogP contribution is 2.38. The molecular formula is C36H48N8O3. The number of fused-ring (bicyclic) bond motifs is 1. The Kier molecular flexibility index (Phi) is 11.5. The number of amides is 1. The van der Waals surface area contributed by atoms with Crippen LogP contribution in [0.1, 0.15) is 26.7 Å². The number of rotatable bonds is 14. The molecule has 3 N–H and O–H groups in total. The monoisotopic (exact) mass is 640 g/mol. The van der Waals surface area contributed by atoms with E-state index in [9.17, 15) is 4.79 Å². The zero-order valence-corrected chi connectivity index (χ0v) is 28.4. The summed E-state index contributed by atoms with van der Waals surface area (Å²) in [7, 11) is 7.60. The number of anilines is 3. The molecule has 11 heteroatoms. The molecule has 5 rings (SSSR count). The van der Waals surface area contributed by atoms with E-state index in [1.54, 1.807) is 31.5 Å². The van der Waals surface area contributed by atoms with Gasteiger partial charge in [-0.05, 0) is 58.2 Å². The number of methoxy groups -OCH3 is 1. The molecule has 1 aliphatic rings. The molecule has 0 aliphatic carbocycles. The SMILES string of the molecule is COc1cc(OCCN(C)C)c(NC(=O)/C=C/CN2CCC(NC(C)C)CC2)cc1Nc1nccc(-c2cn(C)c3ccccc23)n1. The van der Waals surface area contributed by atoms with Crippen LogP contribution in [-0.2, 0) is 11.8 Å². The number of aryl methyl sites for hydroxylation is 1. The van der Waals surface area contributed by atoms with Gasteiger partial charge >= 0.3 is 0 Å². The lowest BCUT2D eigenvalue weighted by Crippen LogP contribution is -2.44. The van der Waals surface area contributed by atoms with E-state index in [2.05, 4.69) is 62.6 Å². The number of nitrogens with one attached hydrogen (secondary N) is 3. The van der Waals surface area contributed by atoms with Crippen LogP contribution in [0.4, 0.5) is 17.3 Å². The van der Waals surface area contributed by atoms with Gasteiger partial charge in [0.1, 0.15) is 18.1 Å². The summed E-state index contributed by atoms with van der Waals surface area (Å²) in [6, 6.07) is 14.8. The smallest absolute Gasteiger partial charge is 0.248 e. The van der Waals surface area contributed by atoms with Gasteiger partial charge in [0.25, 0.3) is 0 Å². The second-order valence-corrected chi connectivity index (χ2v) is 12.5. The van der Waals surface area contributed by atoms with Crippen LogP contribution in [0, 0.1) is 0 Å². The molecule has 11 nitrogen and oxygen atoms in total. The van der Waals surface area contributed by atoms with Crippen molar-refractivity contribution >= 4 is 34.1 Å². The van der Waals surface area contributed by atoms with Crippen molar-refractivity contribution in [3.8, 4) is 22.8 Å². The van der Waals surface area contributed by atoms with E-state index < -0.39 is 0 Å². The number of carbonyl (C=O) groups excluding carboxylic acids is 1. The predicted octanol–water partition coefficient (Wildman–Crippen LogP) is 5.29. The molecule has 0 spiro atoms. The maximum absolute atomic E-state index is 13.1. The van der Waals surface area contributed by atoms with E-state index in [0.717, 1.165) is 54.6 Å². The molecule has 3 heterocycles. The number of piperidine rings is 1. The van der Waals surface area contributed by atoms with Crippen molar-refractivity contribution in [1.29, 1.82) is 0 Å². The molecule has 0 atom stereocenters. The summed E-state index contributed by atoms with van der Waals surface area (Å²) in [5.41, 5.74) is 4.05. The van der Waals surface area contributed by atoms with Crippen LogP contribution in [0.5, 0.6) is 11.5 Å². The van der Waals surface area contributed by atoms with Gasteiger partial charge in [0.2, 0.25) is 11.9 Å². The number of benzene rings is 2. The van der Waals surface area contributed by atoms with Gasteiger partial charge in [0.05, 0.1) is 24.2 Å². The van der Waals surface area contributed by atoms with E-state index in [0.29, 0.717) is 54.1 Å². The van der Waals surface area contributed by atoms with Crippen LogP contribution in [0.25, 0.3) is 22.2 Å². The Morgan fingerprint density at radius 3 is 2.64 bits per heavy atom. The number of nitrogens with zero attached hydrogens (tertiary/aromatic N) is 5. The van der Waals surface area contributed by atoms with Crippen LogP contribution in [0.3, 0.4) is 0 Å². The molecule has 1 saturated heterocycles. The summed E-state index contributed by atoms with van der Waals surface area (Å²) in [5.74, 6) is 1.22. The summed E-state index contributed by atoms with van der Waals surface area (Å²) < 4.78 is 13.9. The molecule has 4 aromatic rings.